The smallest absolute Gasteiger partial charge is 0.133 e. The summed E-state index contributed by atoms with van der Waals surface area (Å²) in [5, 5.41) is 3.58. The highest BCUT2D eigenvalue weighted by atomic mass is 15.3. The highest BCUT2D eigenvalue weighted by Gasteiger charge is 2.25. The quantitative estimate of drug-likeness (QED) is 0.873. The van der Waals surface area contributed by atoms with Gasteiger partial charge in [-0.25, -0.2) is 4.98 Å². The summed E-state index contributed by atoms with van der Waals surface area (Å²) in [5.41, 5.74) is 1.32. The topological polar surface area (TPSA) is 31.4 Å². The molecule has 0 amide bonds. The van der Waals surface area contributed by atoms with Crippen LogP contribution in [0.15, 0.2) is 18.3 Å². The van der Waals surface area contributed by atoms with Gasteiger partial charge in [-0.15, -0.1) is 0 Å². The number of anilines is 1. The molecule has 1 fully saturated rings. The van der Waals surface area contributed by atoms with Crippen molar-refractivity contribution in [2.45, 2.75) is 45.7 Å². The first-order valence-corrected chi connectivity index (χ1v) is 8.30. The predicted molar refractivity (Wildman–Crippen MR) is 89.9 cm³/mol. The van der Waals surface area contributed by atoms with Gasteiger partial charge in [0.05, 0.1) is 0 Å². The third kappa shape index (κ3) is 3.95. The monoisotopic (exact) mass is 290 g/mol. The summed E-state index contributed by atoms with van der Waals surface area (Å²) >= 11 is 0. The van der Waals surface area contributed by atoms with Crippen LogP contribution >= 0.6 is 0 Å². The molecule has 4 nitrogen and oxygen atoms in total. The van der Waals surface area contributed by atoms with Gasteiger partial charge >= 0.3 is 0 Å². The van der Waals surface area contributed by atoms with Crippen LogP contribution in [0.25, 0.3) is 0 Å². The molecule has 0 saturated carbocycles. The highest BCUT2D eigenvalue weighted by molar-refractivity contribution is 5.49. The number of hydrogen-bond acceptors (Lipinski definition) is 4. The zero-order chi connectivity index (χ0) is 15.2. The Hall–Kier alpha value is -1.13. The Bertz CT molecular complexity index is 435. The Labute approximate surface area is 129 Å². The molecule has 1 N–H and O–H groups in total. The summed E-state index contributed by atoms with van der Waals surface area (Å²) in [7, 11) is 2.23. The van der Waals surface area contributed by atoms with Gasteiger partial charge in [-0.3, -0.25) is 4.90 Å². The molecule has 21 heavy (non-hydrogen) atoms. The minimum Gasteiger partial charge on any atom is -0.353 e. The molecule has 1 aliphatic heterocycles. The molecule has 1 saturated heterocycles. The molecule has 2 atom stereocenters. The number of nitrogens with one attached hydrogen (secondary N) is 1. The number of rotatable bonds is 6. The molecule has 1 aromatic heterocycles. The first kappa shape index (κ1) is 16.2. The molecular formula is C17H30N4. The molecule has 118 valence electrons. The van der Waals surface area contributed by atoms with Crippen LogP contribution in [-0.4, -0.2) is 49.2 Å². The van der Waals surface area contributed by atoms with Crippen LogP contribution in [0, 0.1) is 0 Å². The van der Waals surface area contributed by atoms with Gasteiger partial charge in [-0.1, -0.05) is 19.9 Å². The van der Waals surface area contributed by atoms with Crippen molar-refractivity contribution in [3.05, 3.63) is 23.9 Å². The maximum absolute atomic E-state index is 4.69. The van der Waals surface area contributed by atoms with Crippen LogP contribution < -0.4 is 10.2 Å². The second kappa shape index (κ2) is 7.76. The lowest BCUT2D eigenvalue weighted by atomic mass is 10.1. The average molecular weight is 290 g/mol. The molecular weight excluding hydrogens is 260 g/mol. The van der Waals surface area contributed by atoms with Crippen LogP contribution in [0.3, 0.4) is 0 Å². The Morgan fingerprint density at radius 2 is 2.19 bits per heavy atom. The van der Waals surface area contributed by atoms with E-state index in [9.17, 15) is 0 Å². The molecule has 0 bridgehead atoms. The Morgan fingerprint density at radius 3 is 2.90 bits per heavy atom. The van der Waals surface area contributed by atoms with Crippen LogP contribution in [0.5, 0.6) is 0 Å². The predicted octanol–water partition coefficient (Wildman–Crippen LogP) is 2.67. The minimum atomic E-state index is 0.355. The van der Waals surface area contributed by atoms with Crippen molar-refractivity contribution in [3.8, 4) is 0 Å². The lowest BCUT2D eigenvalue weighted by Gasteiger charge is -2.40. The van der Waals surface area contributed by atoms with E-state index in [1.807, 2.05) is 6.20 Å². The van der Waals surface area contributed by atoms with Crippen molar-refractivity contribution in [1.29, 1.82) is 0 Å². The average Bonchev–Trinajstić information content (AvgIpc) is 2.53. The largest absolute Gasteiger partial charge is 0.353 e. The van der Waals surface area contributed by atoms with E-state index in [1.54, 1.807) is 0 Å². The standard InChI is InChI=1S/C17H30N4/c1-5-9-18-14(3)16-8-7-10-19-17(16)21-12-11-20(4)15(6-2)13-21/h7-8,10,14-15,18H,5-6,9,11-13H2,1-4H3. The number of nitrogens with zero attached hydrogens (tertiary/aromatic N) is 3. The zero-order valence-electron chi connectivity index (χ0n) is 14.0. The summed E-state index contributed by atoms with van der Waals surface area (Å²) in [6.45, 7) is 11.0. The van der Waals surface area contributed by atoms with Gasteiger partial charge in [0.25, 0.3) is 0 Å². The lowest BCUT2D eigenvalue weighted by molar-refractivity contribution is 0.212. The van der Waals surface area contributed by atoms with Crippen LogP contribution in [0.4, 0.5) is 5.82 Å². The van der Waals surface area contributed by atoms with Gasteiger partial charge in [-0.2, -0.15) is 0 Å². The molecule has 0 aliphatic carbocycles. The zero-order valence-corrected chi connectivity index (χ0v) is 14.0. The summed E-state index contributed by atoms with van der Waals surface area (Å²) in [4.78, 5) is 9.63. The molecule has 0 radical (unpaired) electrons. The van der Waals surface area contributed by atoms with E-state index in [0.29, 0.717) is 12.1 Å². The second-order valence-electron chi connectivity index (χ2n) is 6.08. The minimum absolute atomic E-state index is 0.355. The molecule has 1 aliphatic rings. The highest BCUT2D eigenvalue weighted by Crippen LogP contribution is 2.26. The fraction of sp³-hybridized carbons (Fsp3) is 0.706. The fourth-order valence-corrected chi connectivity index (χ4v) is 3.06. The van der Waals surface area contributed by atoms with Crippen LogP contribution in [0.2, 0.25) is 0 Å². The molecule has 0 spiro atoms. The maximum Gasteiger partial charge on any atom is 0.133 e. The van der Waals surface area contributed by atoms with Gasteiger partial charge in [0.2, 0.25) is 0 Å². The third-order valence-corrected chi connectivity index (χ3v) is 4.53. The van der Waals surface area contributed by atoms with Crippen molar-refractivity contribution >= 4 is 5.82 Å². The Balaban J connectivity index is 2.15. The van der Waals surface area contributed by atoms with Crippen LogP contribution in [-0.2, 0) is 0 Å². The Kier molecular flexibility index (Phi) is 6.00. The molecule has 0 aromatic carbocycles. The van der Waals surface area contributed by atoms with Gasteiger partial charge in [0.15, 0.2) is 0 Å². The van der Waals surface area contributed by atoms with Crippen molar-refractivity contribution in [2.75, 3.05) is 38.1 Å². The molecule has 2 unspecified atom stereocenters. The number of likely N-dealkylation sites (N-methyl/N-ethyl adjacent to an activating group) is 1. The van der Waals surface area contributed by atoms with E-state index in [1.165, 1.54) is 17.8 Å². The van der Waals surface area contributed by atoms with E-state index in [4.69, 9.17) is 4.98 Å². The number of aromatic nitrogens is 1. The van der Waals surface area contributed by atoms with E-state index in [0.717, 1.165) is 32.6 Å². The molecule has 1 aromatic rings. The van der Waals surface area contributed by atoms with E-state index >= 15 is 0 Å². The lowest BCUT2D eigenvalue weighted by Crippen LogP contribution is -2.51. The number of piperazine rings is 1. The van der Waals surface area contributed by atoms with E-state index in [2.05, 4.69) is 55.1 Å². The summed E-state index contributed by atoms with van der Waals surface area (Å²) < 4.78 is 0. The van der Waals surface area contributed by atoms with Crippen LogP contribution in [0.1, 0.15) is 45.2 Å². The first-order valence-electron chi connectivity index (χ1n) is 8.30. The van der Waals surface area contributed by atoms with Gasteiger partial charge in [-0.05, 0) is 39.4 Å². The number of pyridine rings is 1. The number of hydrogen-bond donors (Lipinski definition) is 1. The third-order valence-electron chi connectivity index (χ3n) is 4.53. The molecule has 2 heterocycles. The first-order chi connectivity index (χ1) is 10.2. The maximum atomic E-state index is 4.69. The normalized spacial score (nSPS) is 21.5. The molecule has 4 heteroatoms. The van der Waals surface area contributed by atoms with Gasteiger partial charge < -0.3 is 10.2 Å². The Morgan fingerprint density at radius 1 is 1.38 bits per heavy atom. The van der Waals surface area contributed by atoms with E-state index < -0.39 is 0 Å². The summed E-state index contributed by atoms with van der Waals surface area (Å²) in [6, 6.07) is 5.26. The molecule has 2 rings (SSSR count). The van der Waals surface area contributed by atoms with Crippen molar-refractivity contribution in [1.82, 2.24) is 15.2 Å². The van der Waals surface area contributed by atoms with Gasteiger partial charge in [0.1, 0.15) is 5.82 Å². The summed E-state index contributed by atoms with van der Waals surface area (Å²) in [5.74, 6) is 1.17. The SMILES string of the molecule is CCCNC(C)c1cccnc1N1CCN(C)C(CC)C1. The van der Waals surface area contributed by atoms with Crippen molar-refractivity contribution in [2.24, 2.45) is 0 Å². The fourth-order valence-electron chi connectivity index (χ4n) is 3.06. The summed E-state index contributed by atoms with van der Waals surface area (Å²) in [6.07, 6.45) is 4.27. The van der Waals surface area contributed by atoms with Crippen molar-refractivity contribution in [3.63, 3.8) is 0 Å². The van der Waals surface area contributed by atoms with E-state index in [-0.39, 0.29) is 0 Å². The van der Waals surface area contributed by atoms with Gasteiger partial charge in [0, 0.05) is 43.5 Å². The second-order valence-corrected chi connectivity index (χ2v) is 6.08. The van der Waals surface area contributed by atoms with Crippen molar-refractivity contribution < 1.29 is 0 Å².